The first-order valence-electron chi connectivity index (χ1n) is 6.12. The molecule has 0 radical (unpaired) electrons. The molecule has 1 fully saturated rings. The molecule has 0 aliphatic heterocycles. The molecule has 1 unspecified atom stereocenters. The standard InChI is InChI=1S/C13H20N2O/c1-2-16-12-7-10(8-15-9-12)3-6-13(14)11-4-5-11/h7-9,11,13H,2-6,14H2,1H3. The van der Waals surface area contributed by atoms with Crippen LogP contribution in [0.25, 0.3) is 0 Å². The van der Waals surface area contributed by atoms with Crippen LogP contribution in [0.3, 0.4) is 0 Å². The summed E-state index contributed by atoms with van der Waals surface area (Å²) in [5.74, 6) is 1.64. The third kappa shape index (κ3) is 3.20. The highest BCUT2D eigenvalue weighted by molar-refractivity contribution is 5.23. The fourth-order valence-electron chi connectivity index (χ4n) is 1.94. The second-order valence-electron chi connectivity index (χ2n) is 4.50. The van der Waals surface area contributed by atoms with Crippen molar-refractivity contribution in [3.8, 4) is 5.75 Å². The Bertz CT molecular complexity index is 336. The minimum Gasteiger partial charge on any atom is -0.492 e. The molecule has 0 aromatic carbocycles. The molecule has 1 aromatic heterocycles. The maximum Gasteiger partial charge on any atom is 0.137 e. The molecule has 0 spiro atoms. The summed E-state index contributed by atoms with van der Waals surface area (Å²) in [6.07, 6.45) is 8.36. The molecule has 0 bridgehead atoms. The van der Waals surface area contributed by atoms with E-state index in [0.29, 0.717) is 12.6 Å². The van der Waals surface area contributed by atoms with Gasteiger partial charge in [0.15, 0.2) is 0 Å². The van der Waals surface area contributed by atoms with Gasteiger partial charge in [0, 0.05) is 12.2 Å². The summed E-state index contributed by atoms with van der Waals surface area (Å²) < 4.78 is 5.42. The van der Waals surface area contributed by atoms with Gasteiger partial charge in [-0.25, -0.2) is 0 Å². The summed E-state index contributed by atoms with van der Waals surface area (Å²) >= 11 is 0. The summed E-state index contributed by atoms with van der Waals surface area (Å²) in [5, 5.41) is 0. The summed E-state index contributed by atoms with van der Waals surface area (Å²) in [7, 11) is 0. The molecule has 2 N–H and O–H groups in total. The highest BCUT2D eigenvalue weighted by atomic mass is 16.5. The monoisotopic (exact) mass is 220 g/mol. The van der Waals surface area contributed by atoms with Crippen LogP contribution in [-0.2, 0) is 6.42 Å². The lowest BCUT2D eigenvalue weighted by Gasteiger charge is -2.10. The predicted octanol–water partition coefficient (Wildman–Crippen LogP) is 2.15. The van der Waals surface area contributed by atoms with Crippen LogP contribution in [0.1, 0.15) is 31.7 Å². The van der Waals surface area contributed by atoms with Gasteiger partial charge in [-0.3, -0.25) is 4.98 Å². The van der Waals surface area contributed by atoms with Crippen molar-refractivity contribution in [2.24, 2.45) is 11.7 Å². The van der Waals surface area contributed by atoms with Crippen molar-refractivity contribution < 1.29 is 4.74 Å². The Morgan fingerprint density at radius 2 is 2.31 bits per heavy atom. The summed E-state index contributed by atoms with van der Waals surface area (Å²) in [6, 6.07) is 2.44. The molecule has 1 aromatic rings. The molecule has 16 heavy (non-hydrogen) atoms. The fourth-order valence-corrected chi connectivity index (χ4v) is 1.94. The van der Waals surface area contributed by atoms with E-state index < -0.39 is 0 Å². The average molecular weight is 220 g/mol. The van der Waals surface area contributed by atoms with Crippen LogP contribution in [-0.4, -0.2) is 17.6 Å². The SMILES string of the molecule is CCOc1cncc(CCC(N)C2CC2)c1. The molecular formula is C13H20N2O. The number of hydrogen-bond acceptors (Lipinski definition) is 3. The quantitative estimate of drug-likeness (QED) is 0.799. The molecule has 3 heteroatoms. The molecule has 0 amide bonds. The zero-order valence-corrected chi connectivity index (χ0v) is 9.86. The van der Waals surface area contributed by atoms with Crippen molar-refractivity contribution in [3.63, 3.8) is 0 Å². The van der Waals surface area contributed by atoms with E-state index in [-0.39, 0.29) is 0 Å². The number of aromatic nitrogens is 1. The minimum atomic E-state index is 0.371. The minimum absolute atomic E-state index is 0.371. The highest BCUT2D eigenvalue weighted by Gasteiger charge is 2.27. The van der Waals surface area contributed by atoms with Crippen LogP contribution in [0, 0.1) is 5.92 Å². The van der Waals surface area contributed by atoms with Crippen molar-refractivity contribution in [2.45, 2.75) is 38.6 Å². The zero-order chi connectivity index (χ0) is 11.4. The lowest BCUT2D eigenvalue weighted by molar-refractivity contribution is 0.338. The third-order valence-corrected chi connectivity index (χ3v) is 3.07. The fraction of sp³-hybridized carbons (Fsp3) is 0.615. The van der Waals surface area contributed by atoms with E-state index in [4.69, 9.17) is 10.5 Å². The van der Waals surface area contributed by atoms with Crippen molar-refractivity contribution >= 4 is 0 Å². The van der Waals surface area contributed by atoms with Crippen molar-refractivity contribution in [3.05, 3.63) is 24.0 Å². The molecule has 2 rings (SSSR count). The number of rotatable bonds is 6. The largest absolute Gasteiger partial charge is 0.492 e. The summed E-state index contributed by atoms with van der Waals surface area (Å²) in [5.41, 5.74) is 7.30. The van der Waals surface area contributed by atoms with Gasteiger partial charge in [0.25, 0.3) is 0 Å². The van der Waals surface area contributed by atoms with Gasteiger partial charge in [0.05, 0.1) is 12.8 Å². The Hall–Kier alpha value is -1.09. The first-order chi connectivity index (χ1) is 7.79. The number of hydrogen-bond donors (Lipinski definition) is 1. The Kier molecular flexibility index (Phi) is 3.78. The first-order valence-corrected chi connectivity index (χ1v) is 6.12. The predicted molar refractivity (Wildman–Crippen MR) is 64.4 cm³/mol. The zero-order valence-electron chi connectivity index (χ0n) is 9.86. The van der Waals surface area contributed by atoms with Crippen LogP contribution >= 0.6 is 0 Å². The Morgan fingerprint density at radius 3 is 3.00 bits per heavy atom. The molecule has 0 saturated heterocycles. The van der Waals surface area contributed by atoms with E-state index in [1.54, 1.807) is 6.20 Å². The van der Waals surface area contributed by atoms with Gasteiger partial charge in [-0.2, -0.15) is 0 Å². The number of nitrogens with zero attached hydrogens (tertiary/aromatic N) is 1. The van der Waals surface area contributed by atoms with E-state index in [2.05, 4.69) is 11.1 Å². The van der Waals surface area contributed by atoms with Crippen molar-refractivity contribution in [1.82, 2.24) is 4.98 Å². The number of nitrogens with two attached hydrogens (primary N) is 1. The molecule has 1 atom stereocenters. The summed E-state index contributed by atoms with van der Waals surface area (Å²) in [6.45, 7) is 2.67. The molecule has 1 aliphatic rings. The second-order valence-corrected chi connectivity index (χ2v) is 4.50. The first kappa shape index (κ1) is 11.4. The topological polar surface area (TPSA) is 48.1 Å². The van der Waals surface area contributed by atoms with Crippen molar-refractivity contribution in [1.29, 1.82) is 0 Å². The Labute approximate surface area is 97.0 Å². The van der Waals surface area contributed by atoms with Crippen LogP contribution in [0.15, 0.2) is 18.5 Å². The van der Waals surface area contributed by atoms with Gasteiger partial charge in [-0.1, -0.05) is 0 Å². The van der Waals surface area contributed by atoms with Gasteiger partial charge in [-0.05, 0) is 50.2 Å². The van der Waals surface area contributed by atoms with Gasteiger partial charge in [0.1, 0.15) is 5.75 Å². The Morgan fingerprint density at radius 1 is 1.50 bits per heavy atom. The van der Waals surface area contributed by atoms with Crippen LogP contribution in [0.4, 0.5) is 0 Å². The lowest BCUT2D eigenvalue weighted by atomic mass is 10.0. The maximum atomic E-state index is 6.07. The average Bonchev–Trinajstić information content (AvgIpc) is 3.11. The van der Waals surface area contributed by atoms with Crippen molar-refractivity contribution in [2.75, 3.05) is 6.61 Å². The summed E-state index contributed by atoms with van der Waals surface area (Å²) in [4.78, 5) is 4.18. The number of aryl methyl sites for hydroxylation is 1. The maximum absolute atomic E-state index is 6.07. The van der Waals surface area contributed by atoms with Gasteiger partial charge >= 0.3 is 0 Å². The second kappa shape index (κ2) is 5.30. The smallest absolute Gasteiger partial charge is 0.137 e. The van der Waals surface area contributed by atoms with E-state index >= 15 is 0 Å². The highest BCUT2D eigenvalue weighted by Crippen LogP contribution is 2.33. The van der Waals surface area contributed by atoms with Crippen LogP contribution in [0.5, 0.6) is 5.75 Å². The van der Waals surface area contributed by atoms with Crippen LogP contribution in [0.2, 0.25) is 0 Å². The molecular weight excluding hydrogens is 200 g/mol. The van der Waals surface area contributed by atoms with E-state index in [0.717, 1.165) is 24.5 Å². The number of pyridine rings is 1. The van der Waals surface area contributed by atoms with E-state index in [1.807, 2.05) is 13.1 Å². The Balaban J connectivity index is 1.85. The van der Waals surface area contributed by atoms with E-state index in [1.165, 1.54) is 18.4 Å². The number of ether oxygens (including phenoxy) is 1. The van der Waals surface area contributed by atoms with Gasteiger partial charge in [0.2, 0.25) is 0 Å². The molecule has 88 valence electrons. The lowest BCUT2D eigenvalue weighted by Crippen LogP contribution is -2.22. The molecule has 1 saturated carbocycles. The van der Waals surface area contributed by atoms with E-state index in [9.17, 15) is 0 Å². The molecule has 1 aliphatic carbocycles. The van der Waals surface area contributed by atoms with Crippen LogP contribution < -0.4 is 10.5 Å². The van der Waals surface area contributed by atoms with Gasteiger partial charge in [-0.15, -0.1) is 0 Å². The third-order valence-electron chi connectivity index (χ3n) is 3.07. The normalized spacial score (nSPS) is 17.1. The molecule has 1 heterocycles. The van der Waals surface area contributed by atoms with Gasteiger partial charge < -0.3 is 10.5 Å². The molecule has 3 nitrogen and oxygen atoms in total.